The summed E-state index contributed by atoms with van der Waals surface area (Å²) in [6.07, 6.45) is -1.24. The Bertz CT molecular complexity index is 1160. The minimum absolute atomic E-state index is 0.00755. The fraction of sp³-hybridized carbons (Fsp3) is 0.500. The Hall–Kier alpha value is -3.08. The lowest BCUT2D eigenvalue weighted by Crippen LogP contribution is -2.73. The third kappa shape index (κ3) is 3.05. The predicted octanol–water partition coefficient (Wildman–Crippen LogP) is -0.278. The first-order valence-corrected chi connectivity index (χ1v) is 11.1. The van der Waals surface area contributed by atoms with Gasteiger partial charge in [0.05, 0.1) is 11.7 Å². The highest BCUT2D eigenvalue weighted by Gasteiger charge is 2.67. The first-order chi connectivity index (χ1) is 15.9. The second-order valence-corrected chi connectivity index (χ2v) is 9.55. The molecule has 34 heavy (non-hydrogen) atoms. The molecule has 0 bridgehead atoms. The highest BCUT2D eigenvalue weighted by molar-refractivity contribution is 6.25. The molecule has 3 aliphatic carbocycles. The number of hydrogen-bond acceptors (Lipinski definition) is 9. The number of primary amides is 1. The molecule has 10 heteroatoms. The fourth-order valence-corrected chi connectivity index (χ4v) is 6.06. The largest absolute Gasteiger partial charge is 0.507 e. The summed E-state index contributed by atoms with van der Waals surface area (Å²) in [6.45, 7) is 1.68. The van der Waals surface area contributed by atoms with Gasteiger partial charge in [-0.2, -0.15) is 0 Å². The van der Waals surface area contributed by atoms with Crippen LogP contribution in [-0.2, 0) is 20.8 Å². The van der Waals surface area contributed by atoms with Crippen LogP contribution in [0.2, 0.25) is 0 Å². The molecular formula is C24H28N2O8. The number of hydrogen-bond donors (Lipinski definition) is 5. The number of nitrogens with two attached hydrogens (primary N) is 1. The Labute approximate surface area is 195 Å². The van der Waals surface area contributed by atoms with Gasteiger partial charge in [0.1, 0.15) is 17.4 Å². The SMILES string of the molecule is CCC(=O)c1ccc(O)c2c1C[C@@H]1C[C@@H]3[C@@H](N(C)C)C(O)C(C(N)=O)C(=O)[C@]3(O)C(=O)C1=C2O. The number of aromatic hydroxyl groups is 1. The summed E-state index contributed by atoms with van der Waals surface area (Å²) < 4.78 is 0. The van der Waals surface area contributed by atoms with Crippen LogP contribution in [0.5, 0.6) is 5.75 Å². The van der Waals surface area contributed by atoms with Crippen molar-refractivity contribution >= 4 is 29.0 Å². The second-order valence-electron chi connectivity index (χ2n) is 9.55. The summed E-state index contributed by atoms with van der Waals surface area (Å²) in [5.74, 6) is -8.22. The molecule has 0 spiro atoms. The summed E-state index contributed by atoms with van der Waals surface area (Å²) in [5.41, 5.74) is 3.02. The zero-order valence-corrected chi connectivity index (χ0v) is 19.1. The van der Waals surface area contributed by atoms with Crippen molar-refractivity contribution < 1.29 is 39.6 Å². The van der Waals surface area contributed by atoms with Crippen molar-refractivity contribution in [1.82, 2.24) is 4.90 Å². The molecule has 6 atom stereocenters. The highest BCUT2D eigenvalue weighted by Crippen LogP contribution is 2.52. The summed E-state index contributed by atoms with van der Waals surface area (Å²) in [6, 6.07) is 1.75. The van der Waals surface area contributed by atoms with Gasteiger partial charge in [0.25, 0.3) is 0 Å². The third-order valence-electron chi connectivity index (χ3n) is 7.59. The molecule has 2 saturated carbocycles. The van der Waals surface area contributed by atoms with E-state index in [1.165, 1.54) is 17.0 Å². The molecule has 0 radical (unpaired) electrons. The van der Waals surface area contributed by atoms with Crippen molar-refractivity contribution in [3.63, 3.8) is 0 Å². The molecule has 2 fully saturated rings. The number of amides is 1. The molecule has 0 saturated heterocycles. The number of ketones is 3. The van der Waals surface area contributed by atoms with Crippen molar-refractivity contribution in [3.05, 3.63) is 34.4 Å². The molecule has 0 aliphatic heterocycles. The monoisotopic (exact) mass is 472 g/mol. The van der Waals surface area contributed by atoms with Gasteiger partial charge in [-0.05, 0) is 50.6 Å². The summed E-state index contributed by atoms with van der Waals surface area (Å²) in [5, 5.41) is 43.9. The zero-order valence-electron chi connectivity index (χ0n) is 19.1. The Morgan fingerprint density at radius 2 is 1.85 bits per heavy atom. The first kappa shape index (κ1) is 24.1. The molecule has 0 aromatic heterocycles. The number of carbonyl (C=O) groups is 4. The van der Waals surface area contributed by atoms with E-state index in [1.807, 2.05) is 0 Å². The fourth-order valence-electron chi connectivity index (χ4n) is 6.06. The minimum Gasteiger partial charge on any atom is -0.507 e. The zero-order chi connectivity index (χ0) is 25.3. The number of aliphatic hydroxyl groups excluding tert-OH is 2. The van der Waals surface area contributed by atoms with E-state index in [9.17, 15) is 39.6 Å². The van der Waals surface area contributed by atoms with Gasteiger partial charge in [-0.3, -0.25) is 19.2 Å². The molecule has 1 aromatic carbocycles. The van der Waals surface area contributed by atoms with Crippen molar-refractivity contribution in [3.8, 4) is 5.75 Å². The van der Waals surface area contributed by atoms with Crippen molar-refractivity contribution in [2.75, 3.05) is 14.1 Å². The van der Waals surface area contributed by atoms with Crippen molar-refractivity contribution in [2.45, 2.75) is 43.9 Å². The van der Waals surface area contributed by atoms with Crippen LogP contribution >= 0.6 is 0 Å². The normalized spacial score (nSPS) is 32.8. The number of likely N-dealkylation sites (N-methyl/N-ethyl adjacent to an activating group) is 1. The van der Waals surface area contributed by atoms with Crippen LogP contribution in [0.3, 0.4) is 0 Å². The Balaban J connectivity index is 1.94. The molecule has 3 aliphatic rings. The number of Topliss-reactive ketones (excluding diaryl/α,β-unsaturated/α-hetero) is 3. The molecule has 6 N–H and O–H groups in total. The van der Waals surface area contributed by atoms with Crippen LogP contribution in [-0.4, -0.2) is 80.4 Å². The molecule has 0 heterocycles. The number of nitrogens with zero attached hydrogens (tertiary/aromatic N) is 1. The maximum Gasteiger partial charge on any atom is 0.230 e. The van der Waals surface area contributed by atoms with E-state index in [0.717, 1.165) is 0 Å². The smallest absolute Gasteiger partial charge is 0.230 e. The Morgan fingerprint density at radius 3 is 2.41 bits per heavy atom. The lowest BCUT2D eigenvalue weighted by atomic mass is 9.54. The van der Waals surface area contributed by atoms with Crippen LogP contribution in [0.4, 0.5) is 0 Å². The van der Waals surface area contributed by atoms with E-state index in [0.29, 0.717) is 11.1 Å². The quantitative estimate of drug-likeness (QED) is 0.291. The van der Waals surface area contributed by atoms with E-state index >= 15 is 0 Å². The van der Waals surface area contributed by atoms with Crippen LogP contribution in [0, 0.1) is 17.8 Å². The average Bonchev–Trinajstić information content (AvgIpc) is 2.75. The van der Waals surface area contributed by atoms with Crippen LogP contribution in [0.1, 0.15) is 41.3 Å². The Morgan fingerprint density at radius 1 is 1.21 bits per heavy atom. The molecular weight excluding hydrogens is 444 g/mol. The number of carbonyl (C=O) groups excluding carboxylic acids is 4. The minimum atomic E-state index is -2.70. The number of phenolic OH excluding ortho intramolecular Hbond substituents is 1. The van der Waals surface area contributed by atoms with E-state index in [4.69, 9.17) is 5.73 Å². The number of fused-ring (bicyclic) bond motifs is 3. The van der Waals surface area contributed by atoms with Gasteiger partial charge < -0.3 is 31.1 Å². The van der Waals surface area contributed by atoms with Crippen LogP contribution < -0.4 is 5.73 Å². The van der Waals surface area contributed by atoms with E-state index in [2.05, 4.69) is 0 Å². The van der Waals surface area contributed by atoms with Crippen LogP contribution in [0.25, 0.3) is 5.76 Å². The van der Waals surface area contributed by atoms with Crippen molar-refractivity contribution in [1.29, 1.82) is 0 Å². The molecule has 4 rings (SSSR count). The topological polar surface area (TPSA) is 178 Å². The number of phenols is 1. The second kappa shape index (κ2) is 8.00. The number of benzene rings is 1. The summed E-state index contributed by atoms with van der Waals surface area (Å²) in [4.78, 5) is 53.0. The van der Waals surface area contributed by atoms with Gasteiger partial charge in [0.15, 0.2) is 17.2 Å². The standard InChI is InChI=1S/C24H28N2O8/c1-4-13(27)10-5-6-14(28)16-11(10)7-9-8-12-18(26(2)3)20(30)17(23(25)33)22(32)24(12,34)21(31)15(9)19(16)29/h5-6,9,12,17-18,20,28-30,34H,4,7-8H2,1-3H3,(H2,25,33)/t9-,12-,17?,18-,20?,24-/m1/s1. The van der Waals surface area contributed by atoms with E-state index < -0.39 is 58.7 Å². The number of rotatable bonds is 4. The average molecular weight is 472 g/mol. The van der Waals surface area contributed by atoms with Crippen molar-refractivity contribution in [2.24, 2.45) is 23.5 Å². The van der Waals surface area contributed by atoms with Crippen LogP contribution in [0.15, 0.2) is 17.7 Å². The molecule has 10 nitrogen and oxygen atoms in total. The molecule has 1 amide bonds. The number of aliphatic hydroxyl groups is 3. The van der Waals surface area contributed by atoms with E-state index in [-0.39, 0.29) is 41.9 Å². The summed E-state index contributed by atoms with van der Waals surface area (Å²) >= 11 is 0. The van der Waals surface area contributed by atoms with Gasteiger partial charge in [-0.15, -0.1) is 0 Å². The van der Waals surface area contributed by atoms with Gasteiger partial charge in [0.2, 0.25) is 11.7 Å². The third-order valence-corrected chi connectivity index (χ3v) is 7.59. The molecule has 182 valence electrons. The molecule has 1 aromatic rings. The summed E-state index contributed by atoms with van der Waals surface area (Å²) in [7, 11) is 3.17. The first-order valence-electron chi connectivity index (χ1n) is 11.1. The predicted molar refractivity (Wildman–Crippen MR) is 119 cm³/mol. The maximum absolute atomic E-state index is 13.7. The Kier molecular flexibility index (Phi) is 5.66. The van der Waals surface area contributed by atoms with Gasteiger partial charge >= 0.3 is 0 Å². The highest BCUT2D eigenvalue weighted by atomic mass is 16.3. The lowest BCUT2D eigenvalue weighted by Gasteiger charge is -2.53. The molecule has 2 unspecified atom stereocenters. The van der Waals surface area contributed by atoms with E-state index in [1.54, 1.807) is 21.0 Å². The van der Waals surface area contributed by atoms with Gasteiger partial charge in [-0.25, -0.2) is 0 Å². The maximum atomic E-state index is 13.7. The van der Waals surface area contributed by atoms with Gasteiger partial charge in [-0.1, -0.05) is 6.92 Å². The lowest BCUT2D eigenvalue weighted by molar-refractivity contribution is -0.184. The van der Waals surface area contributed by atoms with Gasteiger partial charge in [0, 0.05) is 29.5 Å².